The van der Waals surface area contributed by atoms with Crippen LogP contribution >= 0.6 is 0 Å². The summed E-state index contributed by atoms with van der Waals surface area (Å²) in [6.45, 7) is 3.09. The molecule has 34 heavy (non-hydrogen) atoms. The molecule has 0 radical (unpaired) electrons. The topological polar surface area (TPSA) is 101 Å². The van der Waals surface area contributed by atoms with E-state index in [1.165, 1.54) is 32.1 Å². The summed E-state index contributed by atoms with van der Waals surface area (Å²) < 4.78 is 11.5. The number of piperidine rings is 1. The van der Waals surface area contributed by atoms with Crippen molar-refractivity contribution >= 4 is 6.03 Å². The van der Waals surface area contributed by atoms with Gasteiger partial charge in [0, 0.05) is 51.9 Å². The van der Waals surface area contributed by atoms with Gasteiger partial charge in [-0.3, -0.25) is 0 Å². The van der Waals surface area contributed by atoms with Gasteiger partial charge in [-0.15, -0.1) is 0 Å². The van der Waals surface area contributed by atoms with Crippen LogP contribution in [-0.2, 0) is 9.47 Å². The fourth-order valence-electron chi connectivity index (χ4n) is 5.45. The van der Waals surface area contributed by atoms with Crippen LogP contribution in [0.15, 0.2) is 24.3 Å². The average Bonchev–Trinajstić information content (AvgIpc) is 2.89. The first-order valence-electron chi connectivity index (χ1n) is 13.0. The van der Waals surface area contributed by atoms with Gasteiger partial charge in [0.25, 0.3) is 0 Å². The Hall–Kier alpha value is -2.14. The number of nitrogens with two attached hydrogens (primary N) is 1. The van der Waals surface area contributed by atoms with Crippen LogP contribution in [0.2, 0.25) is 0 Å². The quantitative estimate of drug-likeness (QED) is 0.468. The molecule has 2 fully saturated rings. The number of hydrogen-bond acceptors (Lipinski definition) is 5. The molecule has 2 aliphatic rings. The van der Waals surface area contributed by atoms with Crippen LogP contribution in [0.1, 0.15) is 75.0 Å². The van der Waals surface area contributed by atoms with Gasteiger partial charge in [-0.2, -0.15) is 5.26 Å². The number of amides is 2. The summed E-state index contributed by atoms with van der Waals surface area (Å²) in [4.78, 5) is 15.1. The smallest absolute Gasteiger partial charge is 0.317 e. The molecule has 1 heterocycles. The van der Waals surface area contributed by atoms with E-state index in [1.54, 1.807) is 7.11 Å². The number of carbonyl (C=O) groups is 1. The number of likely N-dealkylation sites (tertiary alicyclic amines) is 1. The van der Waals surface area contributed by atoms with Crippen LogP contribution in [0.4, 0.5) is 4.79 Å². The Labute approximate surface area is 205 Å². The molecule has 0 spiro atoms. The van der Waals surface area contributed by atoms with Gasteiger partial charge in [-0.05, 0) is 49.3 Å². The predicted octanol–water partition coefficient (Wildman–Crippen LogP) is 4.37. The van der Waals surface area contributed by atoms with Gasteiger partial charge in [0.2, 0.25) is 0 Å². The molecule has 1 unspecified atom stereocenters. The van der Waals surface area contributed by atoms with Gasteiger partial charge in [-0.25, -0.2) is 4.79 Å². The van der Waals surface area contributed by atoms with Crippen LogP contribution in [0.25, 0.3) is 0 Å². The highest BCUT2D eigenvalue weighted by Crippen LogP contribution is 2.34. The SMILES string of the molecule is COCCCOC(c1cccc(C#N)c1)[C@@H]1CCCN(C(=O)N[C@H](CN)CC2CCCCC2)C1. The Morgan fingerprint density at radius 1 is 1.24 bits per heavy atom. The Bertz CT molecular complexity index is 790. The first-order valence-corrected chi connectivity index (χ1v) is 13.0. The Balaban J connectivity index is 1.63. The lowest BCUT2D eigenvalue weighted by molar-refractivity contribution is -0.0168. The molecular formula is C27H42N4O3. The van der Waals surface area contributed by atoms with E-state index in [0.29, 0.717) is 37.8 Å². The monoisotopic (exact) mass is 470 g/mol. The molecule has 7 heteroatoms. The molecule has 1 aromatic rings. The summed E-state index contributed by atoms with van der Waals surface area (Å²) in [5, 5.41) is 12.6. The highest BCUT2D eigenvalue weighted by molar-refractivity contribution is 5.74. The van der Waals surface area contributed by atoms with Gasteiger partial charge in [0.15, 0.2) is 0 Å². The summed E-state index contributed by atoms with van der Waals surface area (Å²) in [5.74, 6) is 0.847. The number of nitrogens with one attached hydrogen (secondary N) is 1. The van der Waals surface area contributed by atoms with E-state index < -0.39 is 0 Å². The standard InChI is InChI=1S/C27H42N4O3/c1-33-14-7-15-34-26(23-11-5-10-22(16-23)18-28)24-12-6-13-31(20-24)27(32)30-25(19-29)17-21-8-3-2-4-9-21/h5,10-11,16,21,24-26H,2-4,6-9,12-15,17,19-20,29H2,1H3,(H,30,32)/t24-,25+,26?/m1/s1. The van der Waals surface area contributed by atoms with E-state index >= 15 is 0 Å². The molecule has 3 rings (SSSR count). The van der Waals surface area contributed by atoms with Crippen molar-refractivity contribution in [3.8, 4) is 6.07 Å². The first kappa shape index (κ1) is 26.5. The molecule has 1 aliphatic heterocycles. The highest BCUT2D eigenvalue weighted by atomic mass is 16.5. The number of nitriles is 1. The summed E-state index contributed by atoms with van der Waals surface area (Å²) in [5.41, 5.74) is 7.66. The molecule has 0 bridgehead atoms. The van der Waals surface area contributed by atoms with E-state index in [-0.39, 0.29) is 24.1 Å². The van der Waals surface area contributed by atoms with Crippen molar-refractivity contribution < 1.29 is 14.3 Å². The molecule has 7 nitrogen and oxygen atoms in total. The summed E-state index contributed by atoms with van der Waals surface area (Å²) in [6, 6.07) is 9.90. The number of urea groups is 1. The fourth-order valence-corrected chi connectivity index (χ4v) is 5.45. The van der Waals surface area contributed by atoms with Crippen molar-refractivity contribution in [1.29, 1.82) is 5.26 Å². The van der Waals surface area contributed by atoms with E-state index in [1.807, 2.05) is 29.2 Å². The number of ether oxygens (including phenoxy) is 2. The number of rotatable bonds is 11. The van der Waals surface area contributed by atoms with E-state index in [9.17, 15) is 10.1 Å². The van der Waals surface area contributed by atoms with Crippen LogP contribution in [-0.4, -0.2) is 56.9 Å². The highest BCUT2D eigenvalue weighted by Gasteiger charge is 2.32. The van der Waals surface area contributed by atoms with Gasteiger partial charge in [0.1, 0.15) is 0 Å². The Morgan fingerprint density at radius 3 is 2.79 bits per heavy atom. The van der Waals surface area contributed by atoms with Crippen molar-refractivity contribution in [2.75, 3.05) is 40.0 Å². The third-order valence-electron chi connectivity index (χ3n) is 7.26. The number of nitrogens with zero attached hydrogens (tertiary/aromatic N) is 2. The van der Waals surface area contributed by atoms with Gasteiger partial charge in [0.05, 0.1) is 17.7 Å². The molecule has 3 atom stereocenters. The summed E-state index contributed by atoms with van der Waals surface area (Å²) in [6.07, 6.45) is 9.97. The van der Waals surface area contributed by atoms with Crippen molar-refractivity contribution in [2.24, 2.45) is 17.6 Å². The second-order valence-corrected chi connectivity index (χ2v) is 9.85. The van der Waals surface area contributed by atoms with Gasteiger partial charge < -0.3 is 25.4 Å². The molecule has 2 amide bonds. The zero-order chi connectivity index (χ0) is 24.2. The number of carbonyl (C=O) groups excluding carboxylic acids is 1. The van der Waals surface area contributed by atoms with Crippen molar-refractivity contribution in [1.82, 2.24) is 10.2 Å². The van der Waals surface area contributed by atoms with Gasteiger partial charge in [-0.1, -0.05) is 44.2 Å². The second kappa shape index (κ2) is 14.3. The predicted molar refractivity (Wildman–Crippen MR) is 133 cm³/mol. The second-order valence-electron chi connectivity index (χ2n) is 9.85. The Kier molecular flexibility index (Phi) is 11.1. The van der Waals surface area contributed by atoms with E-state index in [2.05, 4.69) is 11.4 Å². The summed E-state index contributed by atoms with van der Waals surface area (Å²) >= 11 is 0. The minimum absolute atomic E-state index is 0.0140. The zero-order valence-corrected chi connectivity index (χ0v) is 20.7. The lowest BCUT2D eigenvalue weighted by Gasteiger charge is -2.38. The van der Waals surface area contributed by atoms with Gasteiger partial charge >= 0.3 is 6.03 Å². The van der Waals surface area contributed by atoms with Crippen LogP contribution in [0, 0.1) is 23.2 Å². The molecule has 3 N–H and O–H groups in total. The number of benzene rings is 1. The minimum Gasteiger partial charge on any atom is -0.385 e. The number of hydrogen-bond donors (Lipinski definition) is 2. The van der Waals surface area contributed by atoms with E-state index in [4.69, 9.17) is 15.2 Å². The average molecular weight is 471 g/mol. The maximum atomic E-state index is 13.2. The lowest BCUT2D eigenvalue weighted by atomic mass is 9.85. The fraction of sp³-hybridized carbons (Fsp3) is 0.704. The number of methoxy groups -OCH3 is 1. The summed E-state index contributed by atoms with van der Waals surface area (Å²) in [7, 11) is 1.69. The lowest BCUT2D eigenvalue weighted by Crippen LogP contribution is -2.51. The van der Waals surface area contributed by atoms with Crippen molar-refractivity contribution in [3.63, 3.8) is 0 Å². The van der Waals surface area contributed by atoms with E-state index in [0.717, 1.165) is 37.8 Å². The zero-order valence-electron chi connectivity index (χ0n) is 20.7. The Morgan fingerprint density at radius 2 is 2.06 bits per heavy atom. The molecule has 188 valence electrons. The molecule has 1 aliphatic carbocycles. The van der Waals surface area contributed by atoms with Crippen LogP contribution in [0.5, 0.6) is 0 Å². The van der Waals surface area contributed by atoms with Crippen LogP contribution in [0.3, 0.4) is 0 Å². The molecule has 1 saturated carbocycles. The normalized spacial score (nSPS) is 21.0. The molecule has 1 aromatic carbocycles. The minimum atomic E-state index is -0.159. The first-order chi connectivity index (χ1) is 16.6. The van der Waals surface area contributed by atoms with Crippen molar-refractivity contribution in [2.45, 2.75) is 69.9 Å². The maximum Gasteiger partial charge on any atom is 0.317 e. The largest absolute Gasteiger partial charge is 0.385 e. The molecular weight excluding hydrogens is 428 g/mol. The van der Waals surface area contributed by atoms with Crippen molar-refractivity contribution in [3.05, 3.63) is 35.4 Å². The maximum absolute atomic E-state index is 13.2. The third kappa shape index (κ3) is 7.97. The third-order valence-corrected chi connectivity index (χ3v) is 7.26. The molecule has 1 saturated heterocycles. The van der Waals surface area contributed by atoms with Crippen LogP contribution < -0.4 is 11.1 Å². The molecule has 0 aromatic heterocycles.